The number of aromatic nitrogens is 1. The van der Waals surface area contributed by atoms with E-state index in [9.17, 15) is 9.59 Å². The largest absolute Gasteiger partial charge is 0.351 e. The van der Waals surface area contributed by atoms with E-state index in [4.69, 9.17) is 0 Å². The molecule has 2 fully saturated rings. The van der Waals surface area contributed by atoms with Gasteiger partial charge in [-0.3, -0.25) is 14.6 Å². The van der Waals surface area contributed by atoms with Crippen LogP contribution in [0.2, 0.25) is 0 Å². The minimum absolute atomic E-state index is 0. The predicted octanol–water partition coefficient (Wildman–Crippen LogP) is 3.57. The Hall–Kier alpha value is -2.15. The Morgan fingerprint density at radius 2 is 1.93 bits per heavy atom. The molecule has 0 bridgehead atoms. The fourth-order valence-electron chi connectivity index (χ4n) is 4.46. The average molecular weight is 451 g/mol. The number of rotatable bonds is 5. The van der Waals surface area contributed by atoms with Crippen molar-refractivity contribution in [3.8, 4) is 0 Å². The SMILES string of the molecule is Cl.Cl.O=C(Nc1ccc(CNC(=O)[C@@]23CCCC[C@H]2CNC3)cc1)c1cccnc1. The number of hydrogen-bond acceptors (Lipinski definition) is 4. The third-order valence-electron chi connectivity index (χ3n) is 6.08. The van der Waals surface area contributed by atoms with Gasteiger partial charge < -0.3 is 16.0 Å². The molecule has 3 N–H and O–H groups in total. The van der Waals surface area contributed by atoms with Gasteiger partial charge >= 0.3 is 0 Å². The molecule has 2 aliphatic rings. The van der Waals surface area contributed by atoms with Crippen LogP contribution in [-0.4, -0.2) is 29.9 Å². The van der Waals surface area contributed by atoms with Crippen LogP contribution < -0.4 is 16.0 Å². The van der Waals surface area contributed by atoms with Gasteiger partial charge in [0.2, 0.25) is 5.91 Å². The Balaban J connectivity index is 0.00000160. The molecule has 1 aliphatic carbocycles. The number of pyridine rings is 1. The van der Waals surface area contributed by atoms with Crippen LogP contribution in [0.1, 0.15) is 41.6 Å². The molecule has 8 heteroatoms. The normalized spacial score (nSPS) is 22.1. The Labute approximate surface area is 189 Å². The number of fused-ring (bicyclic) bond motifs is 1. The maximum absolute atomic E-state index is 12.9. The molecule has 2 aromatic rings. The number of halogens is 2. The lowest BCUT2D eigenvalue weighted by molar-refractivity contribution is -0.134. The number of nitrogens with one attached hydrogen (secondary N) is 3. The second-order valence-electron chi connectivity index (χ2n) is 7.81. The minimum Gasteiger partial charge on any atom is -0.351 e. The summed E-state index contributed by atoms with van der Waals surface area (Å²) in [4.78, 5) is 29.1. The van der Waals surface area contributed by atoms with Gasteiger partial charge in [-0.25, -0.2) is 0 Å². The van der Waals surface area contributed by atoms with Gasteiger partial charge in [0, 0.05) is 31.2 Å². The van der Waals surface area contributed by atoms with Gasteiger partial charge in [-0.2, -0.15) is 0 Å². The molecule has 1 aromatic carbocycles. The van der Waals surface area contributed by atoms with Gasteiger partial charge in [-0.1, -0.05) is 25.0 Å². The van der Waals surface area contributed by atoms with E-state index in [0.29, 0.717) is 18.0 Å². The zero-order valence-electron chi connectivity index (χ0n) is 16.7. The summed E-state index contributed by atoms with van der Waals surface area (Å²) in [5, 5.41) is 9.42. The molecular weight excluding hydrogens is 423 g/mol. The van der Waals surface area contributed by atoms with Gasteiger partial charge in [0.25, 0.3) is 5.91 Å². The molecule has 0 radical (unpaired) electrons. The van der Waals surface area contributed by atoms with Crippen LogP contribution in [0.4, 0.5) is 5.69 Å². The molecule has 4 rings (SSSR count). The van der Waals surface area contributed by atoms with Crippen LogP contribution in [0, 0.1) is 11.3 Å². The number of carbonyl (C=O) groups is 2. The third kappa shape index (κ3) is 5.12. The van der Waals surface area contributed by atoms with E-state index >= 15 is 0 Å². The van der Waals surface area contributed by atoms with Crippen LogP contribution in [0.3, 0.4) is 0 Å². The highest BCUT2D eigenvalue weighted by molar-refractivity contribution is 6.04. The first-order valence-corrected chi connectivity index (χ1v) is 9.97. The van der Waals surface area contributed by atoms with Gasteiger partial charge in [0.05, 0.1) is 11.0 Å². The zero-order valence-corrected chi connectivity index (χ0v) is 18.4. The summed E-state index contributed by atoms with van der Waals surface area (Å²) in [5.74, 6) is 0.452. The highest BCUT2D eigenvalue weighted by Gasteiger charge is 2.49. The van der Waals surface area contributed by atoms with Crippen molar-refractivity contribution in [1.82, 2.24) is 15.6 Å². The molecule has 1 saturated heterocycles. The summed E-state index contributed by atoms with van der Waals surface area (Å²) in [7, 11) is 0. The van der Waals surface area contributed by atoms with Crippen molar-refractivity contribution >= 4 is 42.3 Å². The highest BCUT2D eigenvalue weighted by Crippen LogP contribution is 2.43. The van der Waals surface area contributed by atoms with E-state index in [1.54, 1.807) is 18.3 Å². The molecule has 162 valence electrons. The summed E-state index contributed by atoms with van der Waals surface area (Å²) < 4.78 is 0. The molecular formula is C22H28Cl2N4O2. The summed E-state index contributed by atoms with van der Waals surface area (Å²) in [6.07, 6.45) is 7.66. The second kappa shape index (κ2) is 10.8. The van der Waals surface area contributed by atoms with Gasteiger partial charge in [0.1, 0.15) is 0 Å². The van der Waals surface area contributed by atoms with E-state index < -0.39 is 0 Å². The highest BCUT2D eigenvalue weighted by atomic mass is 35.5. The van der Waals surface area contributed by atoms with E-state index in [1.807, 2.05) is 24.3 Å². The van der Waals surface area contributed by atoms with Crippen molar-refractivity contribution < 1.29 is 9.59 Å². The standard InChI is InChI=1S/C22H26N4O2.2ClH/c27-20(17-4-3-11-23-13-17)26-19-8-6-16(7-9-19)12-25-21(28)22-10-2-1-5-18(22)14-24-15-22;;/h3-4,6-9,11,13,18,24H,1-2,5,10,12,14-15H2,(H,25,28)(H,26,27);2*1H/t18-,22+;;/m0../s1. The first-order chi connectivity index (χ1) is 13.7. The summed E-state index contributed by atoms with van der Waals surface area (Å²) >= 11 is 0. The lowest BCUT2D eigenvalue weighted by atomic mass is 9.67. The van der Waals surface area contributed by atoms with E-state index in [1.165, 1.54) is 12.6 Å². The predicted molar refractivity (Wildman–Crippen MR) is 122 cm³/mol. The Bertz CT molecular complexity index is 848. The summed E-state index contributed by atoms with van der Waals surface area (Å²) in [6.45, 7) is 2.26. The molecule has 2 heterocycles. The first-order valence-electron chi connectivity index (χ1n) is 9.97. The Kier molecular flexibility index (Phi) is 8.65. The summed E-state index contributed by atoms with van der Waals surface area (Å²) in [5.41, 5.74) is 2.03. The van der Waals surface area contributed by atoms with Crippen molar-refractivity contribution in [3.63, 3.8) is 0 Å². The molecule has 1 aromatic heterocycles. The first kappa shape index (κ1) is 24.1. The molecule has 0 unspecified atom stereocenters. The topological polar surface area (TPSA) is 83.1 Å². The number of benzene rings is 1. The van der Waals surface area contributed by atoms with Crippen LogP contribution in [-0.2, 0) is 11.3 Å². The molecule has 0 spiro atoms. The monoisotopic (exact) mass is 450 g/mol. The summed E-state index contributed by atoms with van der Waals surface area (Å²) in [6, 6.07) is 11.0. The fraction of sp³-hybridized carbons (Fsp3) is 0.409. The Morgan fingerprint density at radius 1 is 1.13 bits per heavy atom. The Morgan fingerprint density at radius 3 is 2.67 bits per heavy atom. The zero-order chi connectivity index (χ0) is 19.4. The van der Waals surface area contributed by atoms with Gasteiger partial charge in [0.15, 0.2) is 0 Å². The fourth-order valence-corrected chi connectivity index (χ4v) is 4.46. The lowest BCUT2D eigenvalue weighted by Gasteiger charge is -2.37. The molecule has 2 atom stereocenters. The van der Waals surface area contributed by atoms with Crippen molar-refractivity contribution in [2.45, 2.75) is 32.2 Å². The van der Waals surface area contributed by atoms with Crippen LogP contribution in [0.15, 0.2) is 48.8 Å². The molecule has 1 saturated carbocycles. The molecule has 30 heavy (non-hydrogen) atoms. The molecule has 1 aliphatic heterocycles. The second-order valence-corrected chi connectivity index (χ2v) is 7.81. The maximum atomic E-state index is 12.9. The number of nitrogens with zero attached hydrogens (tertiary/aromatic N) is 1. The van der Waals surface area contributed by atoms with Crippen molar-refractivity contribution in [1.29, 1.82) is 0 Å². The van der Waals surface area contributed by atoms with Crippen molar-refractivity contribution in [2.75, 3.05) is 18.4 Å². The minimum atomic E-state index is -0.226. The quantitative estimate of drug-likeness (QED) is 0.649. The number of amides is 2. The smallest absolute Gasteiger partial charge is 0.257 e. The maximum Gasteiger partial charge on any atom is 0.257 e. The van der Waals surface area contributed by atoms with Crippen molar-refractivity contribution in [3.05, 3.63) is 59.9 Å². The average Bonchev–Trinajstić information content (AvgIpc) is 3.19. The van der Waals surface area contributed by atoms with Crippen LogP contribution in [0.25, 0.3) is 0 Å². The molecule has 2 amide bonds. The third-order valence-corrected chi connectivity index (χ3v) is 6.08. The van der Waals surface area contributed by atoms with Crippen LogP contribution in [0.5, 0.6) is 0 Å². The van der Waals surface area contributed by atoms with Gasteiger partial charge in [-0.15, -0.1) is 24.8 Å². The van der Waals surface area contributed by atoms with E-state index in [0.717, 1.165) is 43.6 Å². The van der Waals surface area contributed by atoms with Gasteiger partial charge in [-0.05, 0) is 55.1 Å². The van der Waals surface area contributed by atoms with E-state index in [-0.39, 0.29) is 42.0 Å². The van der Waals surface area contributed by atoms with Crippen LogP contribution >= 0.6 is 24.8 Å². The van der Waals surface area contributed by atoms with Crippen molar-refractivity contribution in [2.24, 2.45) is 11.3 Å². The molecule has 6 nitrogen and oxygen atoms in total. The number of carbonyl (C=O) groups excluding carboxylic acids is 2. The van der Waals surface area contributed by atoms with E-state index in [2.05, 4.69) is 20.9 Å². The number of hydrogen-bond donors (Lipinski definition) is 3. The lowest BCUT2D eigenvalue weighted by Crippen LogP contribution is -2.47. The number of anilines is 1.